The van der Waals surface area contributed by atoms with Crippen molar-refractivity contribution in [2.45, 2.75) is 6.92 Å². The fourth-order valence-electron chi connectivity index (χ4n) is 2.92. The molecule has 1 aliphatic heterocycles. The van der Waals surface area contributed by atoms with Crippen molar-refractivity contribution in [1.29, 1.82) is 0 Å². The van der Waals surface area contributed by atoms with E-state index in [0.717, 1.165) is 28.3 Å². The van der Waals surface area contributed by atoms with Crippen molar-refractivity contribution in [1.82, 2.24) is 15.2 Å². The third-order valence-electron chi connectivity index (χ3n) is 4.39. The van der Waals surface area contributed by atoms with Gasteiger partial charge >= 0.3 is 0 Å². The lowest BCUT2D eigenvalue weighted by Gasteiger charge is -2.03. The van der Waals surface area contributed by atoms with Gasteiger partial charge in [0.2, 0.25) is 0 Å². The molecule has 1 N–H and O–H groups in total. The summed E-state index contributed by atoms with van der Waals surface area (Å²) in [5.74, 6) is 0.569. The van der Waals surface area contributed by atoms with Crippen LogP contribution in [0.3, 0.4) is 0 Å². The van der Waals surface area contributed by atoms with Gasteiger partial charge in [-0.05, 0) is 49.4 Å². The van der Waals surface area contributed by atoms with Crippen LogP contribution in [0.1, 0.15) is 12.5 Å². The summed E-state index contributed by atoms with van der Waals surface area (Å²) in [6, 6.07) is 17.5. The predicted octanol–water partition coefficient (Wildman–Crippen LogP) is 3.44. The van der Waals surface area contributed by atoms with E-state index in [9.17, 15) is 4.79 Å². The SMILES string of the molecule is COc1ccc(-c2nn(-c3ccccc3)cc2/C=C2\C(=O)NN=C2C)cc1. The molecular formula is C21H18N4O2. The van der Waals surface area contributed by atoms with Crippen LogP contribution in [0.4, 0.5) is 0 Å². The van der Waals surface area contributed by atoms with Crippen molar-refractivity contribution in [2.24, 2.45) is 5.10 Å². The number of carbonyl (C=O) groups excluding carboxylic acids is 1. The van der Waals surface area contributed by atoms with E-state index in [1.807, 2.05) is 71.6 Å². The summed E-state index contributed by atoms with van der Waals surface area (Å²) in [7, 11) is 1.63. The van der Waals surface area contributed by atoms with Crippen LogP contribution < -0.4 is 10.2 Å². The van der Waals surface area contributed by atoms with Crippen LogP contribution in [-0.2, 0) is 4.79 Å². The molecule has 6 nitrogen and oxygen atoms in total. The first-order chi connectivity index (χ1) is 13.2. The molecule has 0 spiro atoms. The Morgan fingerprint density at radius 1 is 1.07 bits per heavy atom. The monoisotopic (exact) mass is 358 g/mol. The second kappa shape index (κ2) is 6.92. The van der Waals surface area contributed by atoms with E-state index >= 15 is 0 Å². The highest BCUT2D eigenvalue weighted by Crippen LogP contribution is 2.28. The Labute approximate surface area is 156 Å². The third-order valence-corrected chi connectivity index (χ3v) is 4.39. The van der Waals surface area contributed by atoms with Gasteiger partial charge in [-0.25, -0.2) is 10.1 Å². The summed E-state index contributed by atoms with van der Waals surface area (Å²) in [6.45, 7) is 1.80. The number of hydrogen-bond donors (Lipinski definition) is 1. The minimum Gasteiger partial charge on any atom is -0.497 e. The summed E-state index contributed by atoms with van der Waals surface area (Å²) >= 11 is 0. The van der Waals surface area contributed by atoms with Crippen molar-refractivity contribution in [2.75, 3.05) is 7.11 Å². The second-order valence-corrected chi connectivity index (χ2v) is 6.14. The lowest BCUT2D eigenvalue weighted by atomic mass is 10.0. The minimum absolute atomic E-state index is 0.208. The highest BCUT2D eigenvalue weighted by atomic mass is 16.5. The Bertz CT molecular complexity index is 1050. The molecule has 0 saturated carbocycles. The van der Waals surface area contributed by atoms with Crippen molar-refractivity contribution < 1.29 is 9.53 Å². The van der Waals surface area contributed by atoms with Gasteiger partial charge in [0.1, 0.15) is 5.75 Å². The molecule has 0 unspecified atom stereocenters. The molecule has 1 amide bonds. The molecule has 6 heteroatoms. The molecule has 0 saturated heterocycles. The van der Waals surface area contributed by atoms with Crippen LogP contribution in [0.15, 0.2) is 71.5 Å². The van der Waals surface area contributed by atoms with Gasteiger partial charge in [0.05, 0.1) is 29.8 Å². The topological polar surface area (TPSA) is 68.5 Å². The zero-order valence-electron chi connectivity index (χ0n) is 15.0. The Balaban J connectivity index is 1.85. The fraction of sp³-hybridized carbons (Fsp3) is 0.0952. The van der Waals surface area contributed by atoms with Crippen molar-refractivity contribution in [3.8, 4) is 22.7 Å². The van der Waals surface area contributed by atoms with Crippen molar-refractivity contribution >= 4 is 17.7 Å². The maximum absolute atomic E-state index is 12.1. The first-order valence-corrected chi connectivity index (χ1v) is 8.52. The van der Waals surface area contributed by atoms with Gasteiger partial charge in [0.25, 0.3) is 5.91 Å². The molecule has 2 aromatic carbocycles. The van der Waals surface area contributed by atoms with E-state index in [2.05, 4.69) is 10.5 Å². The van der Waals surface area contributed by atoms with Crippen LogP contribution in [0, 0.1) is 0 Å². The largest absolute Gasteiger partial charge is 0.497 e. The molecule has 0 bridgehead atoms. The number of rotatable bonds is 4. The number of ether oxygens (including phenoxy) is 1. The number of hydrazone groups is 1. The zero-order valence-corrected chi connectivity index (χ0v) is 15.0. The Morgan fingerprint density at radius 2 is 1.81 bits per heavy atom. The highest BCUT2D eigenvalue weighted by Gasteiger charge is 2.20. The third kappa shape index (κ3) is 3.25. The van der Waals surface area contributed by atoms with E-state index in [-0.39, 0.29) is 5.91 Å². The number of nitrogens with zero attached hydrogens (tertiary/aromatic N) is 3. The molecule has 0 atom stereocenters. The highest BCUT2D eigenvalue weighted by molar-refractivity contribution is 6.26. The molecule has 4 rings (SSSR count). The zero-order chi connectivity index (χ0) is 18.8. The molecule has 0 radical (unpaired) electrons. The fourth-order valence-corrected chi connectivity index (χ4v) is 2.92. The van der Waals surface area contributed by atoms with Crippen LogP contribution in [-0.4, -0.2) is 28.5 Å². The smallest absolute Gasteiger partial charge is 0.273 e. The van der Waals surface area contributed by atoms with Crippen LogP contribution in [0.2, 0.25) is 0 Å². The number of carbonyl (C=O) groups is 1. The van der Waals surface area contributed by atoms with E-state index in [1.54, 1.807) is 14.0 Å². The van der Waals surface area contributed by atoms with E-state index in [1.165, 1.54) is 0 Å². The van der Waals surface area contributed by atoms with Crippen LogP contribution >= 0.6 is 0 Å². The maximum Gasteiger partial charge on any atom is 0.273 e. The van der Waals surface area contributed by atoms with Gasteiger partial charge in [0, 0.05) is 17.3 Å². The summed E-state index contributed by atoms with van der Waals surface area (Å²) in [5.41, 5.74) is 7.18. The maximum atomic E-state index is 12.1. The molecule has 3 aromatic rings. The minimum atomic E-state index is -0.208. The molecule has 0 fully saturated rings. The summed E-state index contributed by atoms with van der Waals surface area (Å²) in [5, 5.41) is 8.75. The number of amides is 1. The van der Waals surface area contributed by atoms with Gasteiger partial charge in [-0.3, -0.25) is 4.79 Å². The lowest BCUT2D eigenvalue weighted by molar-refractivity contribution is -0.116. The van der Waals surface area contributed by atoms with Gasteiger partial charge in [-0.1, -0.05) is 18.2 Å². The second-order valence-electron chi connectivity index (χ2n) is 6.14. The molecule has 1 aliphatic rings. The summed E-state index contributed by atoms with van der Waals surface area (Å²) < 4.78 is 7.05. The first kappa shape index (κ1) is 16.8. The Morgan fingerprint density at radius 3 is 2.44 bits per heavy atom. The van der Waals surface area contributed by atoms with E-state index < -0.39 is 0 Å². The normalized spacial score (nSPS) is 15.0. The first-order valence-electron chi connectivity index (χ1n) is 8.52. The lowest BCUT2D eigenvalue weighted by Crippen LogP contribution is -2.12. The van der Waals surface area contributed by atoms with Crippen LogP contribution in [0.5, 0.6) is 5.75 Å². The summed E-state index contributed by atoms with van der Waals surface area (Å²) in [4.78, 5) is 12.1. The molecule has 0 aliphatic carbocycles. The predicted molar refractivity (Wildman–Crippen MR) is 105 cm³/mol. The average Bonchev–Trinajstić information content (AvgIpc) is 3.28. The van der Waals surface area contributed by atoms with E-state index in [4.69, 9.17) is 9.84 Å². The summed E-state index contributed by atoms with van der Waals surface area (Å²) in [6.07, 6.45) is 3.74. The van der Waals surface area contributed by atoms with Gasteiger partial charge in [0.15, 0.2) is 0 Å². The van der Waals surface area contributed by atoms with Crippen molar-refractivity contribution in [3.63, 3.8) is 0 Å². The number of methoxy groups -OCH3 is 1. The Hall–Kier alpha value is -3.67. The quantitative estimate of drug-likeness (QED) is 0.727. The molecule has 134 valence electrons. The number of hydrogen-bond acceptors (Lipinski definition) is 4. The van der Waals surface area contributed by atoms with Crippen molar-refractivity contribution in [3.05, 3.63) is 71.9 Å². The van der Waals surface area contributed by atoms with Gasteiger partial charge in [-0.15, -0.1) is 0 Å². The van der Waals surface area contributed by atoms with Crippen LogP contribution in [0.25, 0.3) is 23.0 Å². The Kier molecular flexibility index (Phi) is 4.30. The number of para-hydroxylation sites is 1. The number of benzene rings is 2. The number of aromatic nitrogens is 2. The van der Waals surface area contributed by atoms with Gasteiger partial charge < -0.3 is 4.74 Å². The molecule has 1 aromatic heterocycles. The van der Waals surface area contributed by atoms with E-state index in [0.29, 0.717) is 11.3 Å². The number of nitrogens with one attached hydrogen (secondary N) is 1. The standard InChI is InChI=1S/C21H18N4O2/c1-14-19(21(26)23-22-14)12-16-13-25(17-6-4-3-5-7-17)24-20(16)15-8-10-18(27-2)11-9-15/h3-13H,1-2H3,(H,23,26)/b19-12-. The molecular weight excluding hydrogens is 340 g/mol. The average molecular weight is 358 g/mol. The molecule has 27 heavy (non-hydrogen) atoms. The van der Waals surface area contributed by atoms with Gasteiger partial charge in [-0.2, -0.15) is 10.2 Å². The molecule has 2 heterocycles.